The first kappa shape index (κ1) is 16.9. The van der Waals surface area contributed by atoms with Gasteiger partial charge in [0.15, 0.2) is 11.5 Å². The summed E-state index contributed by atoms with van der Waals surface area (Å²) in [7, 11) is -2.37. The Bertz CT molecular complexity index is 882. The molecule has 2 aromatic rings. The Morgan fingerprint density at radius 1 is 1.21 bits per heavy atom. The summed E-state index contributed by atoms with van der Waals surface area (Å²) >= 11 is 6.05. The van der Waals surface area contributed by atoms with Gasteiger partial charge >= 0.3 is 0 Å². The zero-order valence-electron chi connectivity index (χ0n) is 13.1. The number of methoxy groups -OCH3 is 1. The van der Waals surface area contributed by atoms with Crippen LogP contribution in [0.3, 0.4) is 0 Å². The van der Waals surface area contributed by atoms with Crippen LogP contribution in [0.2, 0.25) is 5.02 Å². The molecule has 0 aromatic heterocycles. The Labute approximate surface area is 145 Å². The maximum atomic E-state index is 12.6. The van der Waals surface area contributed by atoms with Crippen molar-refractivity contribution in [3.05, 3.63) is 46.5 Å². The van der Waals surface area contributed by atoms with Crippen molar-refractivity contribution in [2.24, 2.45) is 0 Å². The number of sulfonamides is 1. The van der Waals surface area contributed by atoms with Gasteiger partial charge in [-0.3, -0.25) is 0 Å². The van der Waals surface area contributed by atoms with Gasteiger partial charge in [-0.25, -0.2) is 13.1 Å². The van der Waals surface area contributed by atoms with Crippen LogP contribution in [0.5, 0.6) is 17.2 Å². The van der Waals surface area contributed by atoms with E-state index in [9.17, 15) is 8.42 Å². The SMILES string of the molecule is COc1cc(C)c(Cl)cc1S(=O)(=O)NCc1ccc2c(c1)OCO2. The van der Waals surface area contributed by atoms with Gasteiger partial charge < -0.3 is 14.2 Å². The van der Waals surface area contributed by atoms with E-state index in [4.69, 9.17) is 25.8 Å². The van der Waals surface area contributed by atoms with Gasteiger partial charge in [0.05, 0.1) is 7.11 Å². The molecule has 2 aromatic carbocycles. The Morgan fingerprint density at radius 3 is 2.71 bits per heavy atom. The Kier molecular flexibility index (Phi) is 4.58. The highest BCUT2D eigenvalue weighted by Gasteiger charge is 2.21. The van der Waals surface area contributed by atoms with Crippen LogP contribution in [-0.4, -0.2) is 22.3 Å². The number of nitrogens with one attached hydrogen (secondary N) is 1. The molecule has 0 saturated heterocycles. The van der Waals surface area contributed by atoms with E-state index in [0.717, 1.165) is 11.1 Å². The fourth-order valence-electron chi connectivity index (χ4n) is 2.31. The molecule has 0 fully saturated rings. The summed E-state index contributed by atoms with van der Waals surface area (Å²) in [4.78, 5) is 0.00124. The van der Waals surface area contributed by atoms with Crippen LogP contribution in [0.1, 0.15) is 11.1 Å². The van der Waals surface area contributed by atoms with E-state index in [0.29, 0.717) is 16.5 Å². The van der Waals surface area contributed by atoms with Crippen LogP contribution in [-0.2, 0) is 16.6 Å². The molecule has 24 heavy (non-hydrogen) atoms. The van der Waals surface area contributed by atoms with Crippen molar-refractivity contribution in [2.75, 3.05) is 13.9 Å². The summed E-state index contributed by atoms with van der Waals surface area (Å²) in [6, 6.07) is 8.24. The van der Waals surface area contributed by atoms with Crippen LogP contribution in [0.4, 0.5) is 0 Å². The maximum Gasteiger partial charge on any atom is 0.244 e. The van der Waals surface area contributed by atoms with Crippen molar-refractivity contribution < 1.29 is 22.6 Å². The zero-order valence-corrected chi connectivity index (χ0v) is 14.7. The lowest BCUT2D eigenvalue weighted by Gasteiger charge is -2.12. The van der Waals surface area contributed by atoms with E-state index in [1.165, 1.54) is 13.2 Å². The summed E-state index contributed by atoms with van der Waals surface area (Å²) in [6.45, 7) is 2.05. The first-order valence-corrected chi connectivity index (χ1v) is 8.99. The molecule has 1 heterocycles. The van der Waals surface area contributed by atoms with Crippen molar-refractivity contribution in [1.29, 1.82) is 0 Å². The topological polar surface area (TPSA) is 73.9 Å². The summed E-state index contributed by atoms with van der Waals surface area (Å²) in [5.41, 5.74) is 1.49. The van der Waals surface area contributed by atoms with Crippen LogP contribution in [0, 0.1) is 6.92 Å². The number of rotatable bonds is 5. The second-order valence-corrected chi connectivity index (χ2v) is 7.41. The molecule has 128 valence electrons. The molecule has 8 heteroatoms. The lowest BCUT2D eigenvalue weighted by atomic mass is 10.2. The second-order valence-electron chi connectivity index (χ2n) is 5.26. The van der Waals surface area contributed by atoms with Gasteiger partial charge in [-0.05, 0) is 42.3 Å². The molecule has 0 unspecified atom stereocenters. The van der Waals surface area contributed by atoms with E-state index < -0.39 is 10.0 Å². The fraction of sp³-hybridized carbons (Fsp3) is 0.250. The molecule has 1 N–H and O–H groups in total. The number of aryl methyl sites for hydroxylation is 1. The predicted molar refractivity (Wildman–Crippen MR) is 89.3 cm³/mol. The van der Waals surface area contributed by atoms with E-state index in [-0.39, 0.29) is 24.0 Å². The monoisotopic (exact) mass is 369 g/mol. The standard InChI is InChI=1S/C16H16ClNO5S/c1-10-5-15(21-2)16(7-12(10)17)24(19,20)18-8-11-3-4-13-14(6-11)23-9-22-13/h3-7,18H,8-9H2,1-2H3. The van der Waals surface area contributed by atoms with Crippen LogP contribution >= 0.6 is 11.6 Å². The molecule has 6 nitrogen and oxygen atoms in total. The van der Waals surface area contributed by atoms with Gasteiger partial charge in [-0.1, -0.05) is 17.7 Å². The maximum absolute atomic E-state index is 12.6. The molecule has 1 aliphatic heterocycles. The number of benzene rings is 2. The van der Waals surface area contributed by atoms with Gasteiger partial charge in [-0.2, -0.15) is 0 Å². The van der Waals surface area contributed by atoms with E-state index in [1.54, 1.807) is 31.2 Å². The lowest BCUT2D eigenvalue weighted by Crippen LogP contribution is -2.23. The van der Waals surface area contributed by atoms with Crippen molar-refractivity contribution in [3.63, 3.8) is 0 Å². The van der Waals surface area contributed by atoms with Crippen LogP contribution in [0.15, 0.2) is 35.2 Å². The Hall–Kier alpha value is -1.96. The van der Waals surface area contributed by atoms with Crippen LogP contribution < -0.4 is 18.9 Å². The minimum absolute atomic E-state index is 0.00124. The summed E-state index contributed by atoms with van der Waals surface area (Å²) in [5, 5.41) is 0.360. The minimum Gasteiger partial charge on any atom is -0.495 e. The summed E-state index contributed by atoms with van der Waals surface area (Å²) in [5.74, 6) is 1.49. The third-order valence-corrected chi connectivity index (χ3v) is 5.47. The average Bonchev–Trinajstić information content (AvgIpc) is 3.02. The average molecular weight is 370 g/mol. The summed E-state index contributed by atoms with van der Waals surface area (Å²) in [6.07, 6.45) is 0. The molecule has 0 amide bonds. The minimum atomic E-state index is -3.79. The molecule has 0 aliphatic carbocycles. The molecular formula is C16H16ClNO5S. The zero-order chi connectivity index (χ0) is 17.3. The third kappa shape index (κ3) is 3.28. The van der Waals surface area contributed by atoms with Gasteiger partial charge in [0.1, 0.15) is 10.6 Å². The molecule has 0 radical (unpaired) electrons. The predicted octanol–water partition coefficient (Wildman–Crippen LogP) is 2.86. The third-order valence-electron chi connectivity index (χ3n) is 3.64. The number of fused-ring (bicyclic) bond motifs is 1. The molecule has 0 saturated carbocycles. The van der Waals surface area contributed by atoms with Gasteiger partial charge in [0.2, 0.25) is 16.8 Å². The first-order chi connectivity index (χ1) is 11.4. The fourth-order valence-corrected chi connectivity index (χ4v) is 3.73. The van der Waals surface area contributed by atoms with Crippen molar-refractivity contribution >= 4 is 21.6 Å². The number of hydrogen-bond acceptors (Lipinski definition) is 5. The largest absolute Gasteiger partial charge is 0.495 e. The molecular weight excluding hydrogens is 354 g/mol. The normalized spacial score (nSPS) is 13.1. The number of ether oxygens (including phenoxy) is 3. The Morgan fingerprint density at radius 2 is 1.96 bits per heavy atom. The molecule has 0 atom stereocenters. The quantitative estimate of drug-likeness (QED) is 0.877. The highest BCUT2D eigenvalue weighted by molar-refractivity contribution is 7.89. The van der Waals surface area contributed by atoms with Crippen molar-refractivity contribution in [1.82, 2.24) is 4.72 Å². The smallest absolute Gasteiger partial charge is 0.244 e. The van der Waals surface area contributed by atoms with Gasteiger partial charge in [0, 0.05) is 11.6 Å². The van der Waals surface area contributed by atoms with E-state index in [1.807, 2.05) is 0 Å². The molecule has 1 aliphatic rings. The molecule has 0 bridgehead atoms. The van der Waals surface area contributed by atoms with E-state index in [2.05, 4.69) is 4.72 Å². The highest BCUT2D eigenvalue weighted by Crippen LogP contribution is 2.33. The highest BCUT2D eigenvalue weighted by atomic mass is 35.5. The first-order valence-electron chi connectivity index (χ1n) is 7.13. The van der Waals surface area contributed by atoms with Crippen LogP contribution in [0.25, 0.3) is 0 Å². The van der Waals surface area contributed by atoms with Crippen molar-refractivity contribution in [3.8, 4) is 17.2 Å². The second kappa shape index (κ2) is 6.51. The lowest BCUT2D eigenvalue weighted by molar-refractivity contribution is 0.174. The van der Waals surface area contributed by atoms with E-state index >= 15 is 0 Å². The number of halogens is 1. The molecule has 0 spiro atoms. The Balaban J connectivity index is 1.83. The summed E-state index contributed by atoms with van der Waals surface area (Å²) < 4.78 is 43.4. The number of hydrogen-bond donors (Lipinski definition) is 1. The molecule has 3 rings (SSSR count). The van der Waals surface area contributed by atoms with Crippen molar-refractivity contribution in [2.45, 2.75) is 18.4 Å². The van der Waals surface area contributed by atoms with Gasteiger partial charge in [-0.15, -0.1) is 0 Å². The van der Waals surface area contributed by atoms with Gasteiger partial charge in [0.25, 0.3) is 0 Å².